The van der Waals surface area contributed by atoms with Crippen LogP contribution in [0, 0.1) is 12.8 Å². The van der Waals surface area contributed by atoms with Crippen LogP contribution in [0.1, 0.15) is 19.1 Å². The summed E-state index contributed by atoms with van der Waals surface area (Å²) in [5.41, 5.74) is 0. The van der Waals surface area contributed by atoms with Crippen molar-refractivity contribution in [3.63, 3.8) is 0 Å². The van der Waals surface area contributed by atoms with Gasteiger partial charge in [-0.15, -0.1) is 0 Å². The molecule has 2 rings (SSSR count). The van der Waals surface area contributed by atoms with E-state index in [0.29, 0.717) is 24.5 Å². The summed E-state index contributed by atoms with van der Waals surface area (Å²) >= 11 is 0. The van der Waals surface area contributed by atoms with Crippen LogP contribution >= 0.6 is 0 Å². The second-order valence-electron chi connectivity index (χ2n) is 4.82. The van der Waals surface area contributed by atoms with E-state index in [2.05, 4.69) is 10.5 Å². The van der Waals surface area contributed by atoms with Gasteiger partial charge in [0.05, 0.1) is 12.5 Å². The third kappa shape index (κ3) is 3.11. The molecule has 1 amide bonds. The Bertz CT molecular complexity index is 485. The number of aliphatic carboxylic acids is 1. The number of carbonyl (C=O) groups is 2. The summed E-state index contributed by atoms with van der Waals surface area (Å²) in [5.74, 6) is -0.421. The highest BCUT2D eigenvalue weighted by molar-refractivity contribution is 5.91. The fourth-order valence-electron chi connectivity index (χ4n) is 2.35. The van der Waals surface area contributed by atoms with Crippen LogP contribution in [0.25, 0.3) is 0 Å². The van der Waals surface area contributed by atoms with Gasteiger partial charge in [-0.05, 0) is 26.8 Å². The Morgan fingerprint density at radius 3 is 2.89 bits per heavy atom. The highest BCUT2D eigenvalue weighted by Gasteiger charge is 2.36. The van der Waals surface area contributed by atoms with Crippen LogP contribution in [-0.4, -0.2) is 46.2 Å². The largest absolute Gasteiger partial charge is 0.481 e. The number of nitrogens with zero attached hydrogens (tertiary/aromatic N) is 2. The van der Waals surface area contributed by atoms with Gasteiger partial charge in [-0.2, -0.15) is 0 Å². The SMILES string of the molecule is Cc1cc(NC(=O)CN2CCC(C(=O)O)C2C)no1. The number of carboxylic acids is 1. The summed E-state index contributed by atoms with van der Waals surface area (Å²) < 4.78 is 4.85. The second kappa shape index (κ2) is 5.40. The molecule has 0 aromatic carbocycles. The zero-order chi connectivity index (χ0) is 14.0. The van der Waals surface area contributed by atoms with Gasteiger partial charge in [-0.3, -0.25) is 14.5 Å². The van der Waals surface area contributed by atoms with Gasteiger partial charge in [0, 0.05) is 12.1 Å². The van der Waals surface area contributed by atoms with Crippen LogP contribution < -0.4 is 5.32 Å². The summed E-state index contributed by atoms with van der Waals surface area (Å²) in [6.07, 6.45) is 0.576. The number of nitrogens with one attached hydrogen (secondary N) is 1. The van der Waals surface area contributed by atoms with E-state index in [1.807, 2.05) is 11.8 Å². The van der Waals surface area contributed by atoms with Crippen molar-refractivity contribution in [3.8, 4) is 0 Å². The number of aromatic nitrogens is 1. The maximum Gasteiger partial charge on any atom is 0.308 e. The Kier molecular flexibility index (Phi) is 3.84. The molecule has 1 aliphatic heterocycles. The molecule has 1 aromatic rings. The van der Waals surface area contributed by atoms with Crippen molar-refractivity contribution in [2.75, 3.05) is 18.4 Å². The highest BCUT2D eigenvalue weighted by atomic mass is 16.5. The summed E-state index contributed by atoms with van der Waals surface area (Å²) in [6.45, 7) is 4.35. The predicted octanol–water partition coefficient (Wildman–Crippen LogP) is 0.717. The van der Waals surface area contributed by atoms with Crippen LogP contribution in [-0.2, 0) is 9.59 Å². The predicted molar refractivity (Wildman–Crippen MR) is 66.6 cm³/mol. The number of likely N-dealkylation sites (tertiary alicyclic amines) is 1. The van der Waals surface area contributed by atoms with Crippen LogP contribution in [0.15, 0.2) is 10.6 Å². The minimum Gasteiger partial charge on any atom is -0.481 e. The zero-order valence-electron chi connectivity index (χ0n) is 10.9. The van der Waals surface area contributed by atoms with E-state index in [9.17, 15) is 9.59 Å². The van der Waals surface area contributed by atoms with Gasteiger partial charge >= 0.3 is 5.97 Å². The van der Waals surface area contributed by atoms with Gasteiger partial charge in [0.1, 0.15) is 5.76 Å². The molecule has 2 atom stereocenters. The van der Waals surface area contributed by atoms with Gasteiger partial charge in [0.25, 0.3) is 0 Å². The Morgan fingerprint density at radius 2 is 2.37 bits per heavy atom. The van der Waals surface area contributed by atoms with E-state index in [4.69, 9.17) is 9.63 Å². The van der Waals surface area contributed by atoms with Crippen molar-refractivity contribution in [2.45, 2.75) is 26.3 Å². The first-order valence-electron chi connectivity index (χ1n) is 6.17. The first kappa shape index (κ1) is 13.5. The molecule has 2 unspecified atom stereocenters. The molecular formula is C12H17N3O4. The van der Waals surface area contributed by atoms with Crippen molar-refractivity contribution in [1.82, 2.24) is 10.1 Å². The maximum atomic E-state index is 11.8. The van der Waals surface area contributed by atoms with Crippen LogP contribution in [0.3, 0.4) is 0 Å². The average Bonchev–Trinajstić information content (AvgIpc) is 2.87. The summed E-state index contributed by atoms with van der Waals surface area (Å²) in [5, 5.41) is 15.3. The average molecular weight is 267 g/mol. The monoisotopic (exact) mass is 267 g/mol. The van der Waals surface area contributed by atoms with Crippen molar-refractivity contribution in [1.29, 1.82) is 0 Å². The smallest absolute Gasteiger partial charge is 0.308 e. The fourth-order valence-corrected chi connectivity index (χ4v) is 2.35. The number of hydrogen-bond acceptors (Lipinski definition) is 5. The van der Waals surface area contributed by atoms with E-state index in [-0.39, 0.29) is 18.5 Å². The molecule has 19 heavy (non-hydrogen) atoms. The molecule has 0 radical (unpaired) electrons. The molecule has 0 spiro atoms. The zero-order valence-corrected chi connectivity index (χ0v) is 10.9. The molecule has 1 aliphatic rings. The number of carbonyl (C=O) groups excluding carboxylic acids is 1. The Balaban J connectivity index is 1.88. The van der Waals surface area contributed by atoms with Crippen LogP contribution in [0.4, 0.5) is 5.82 Å². The Morgan fingerprint density at radius 1 is 1.63 bits per heavy atom. The topological polar surface area (TPSA) is 95.7 Å². The third-order valence-electron chi connectivity index (χ3n) is 3.44. The van der Waals surface area contributed by atoms with Crippen molar-refractivity contribution >= 4 is 17.7 Å². The molecular weight excluding hydrogens is 250 g/mol. The lowest BCUT2D eigenvalue weighted by Crippen LogP contribution is -2.38. The lowest BCUT2D eigenvalue weighted by Gasteiger charge is -2.21. The molecule has 104 valence electrons. The number of rotatable bonds is 4. The minimum atomic E-state index is -0.803. The Hall–Kier alpha value is -1.89. The summed E-state index contributed by atoms with van der Waals surface area (Å²) in [6, 6.07) is 1.49. The third-order valence-corrected chi connectivity index (χ3v) is 3.44. The van der Waals surface area contributed by atoms with E-state index in [1.54, 1.807) is 13.0 Å². The van der Waals surface area contributed by atoms with Crippen molar-refractivity contribution in [3.05, 3.63) is 11.8 Å². The van der Waals surface area contributed by atoms with Crippen molar-refractivity contribution in [2.24, 2.45) is 5.92 Å². The molecule has 1 saturated heterocycles. The standard InChI is InChI=1S/C12H17N3O4/c1-7-5-10(14-19-7)13-11(16)6-15-4-3-9(8(15)2)12(17)18/h5,8-9H,3-4,6H2,1-2H3,(H,17,18)(H,13,14,16). The normalized spacial score (nSPS) is 23.5. The Labute approximate surface area is 110 Å². The first-order chi connectivity index (χ1) is 8.97. The highest BCUT2D eigenvalue weighted by Crippen LogP contribution is 2.23. The minimum absolute atomic E-state index is 0.137. The maximum absolute atomic E-state index is 11.8. The summed E-state index contributed by atoms with van der Waals surface area (Å²) in [7, 11) is 0. The van der Waals surface area contributed by atoms with Gasteiger partial charge in [-0.25, -0.2) is 0 Å². The molecule has 0 saturated carbocycles. The summed E-state index contributed by atoms with van der Waals surface area (Å²) in [4.78, 5) is 24.7. The molecule has 0 bridgehead atoms. The van der Waals surface area contributed by atoms with Crippen molar-refractivity contribution < 1.29 is 19.2 Å². The lowest BCUT2D eigenvalue weighted by molar-refractivity contribution is -0.142. The van der Waals surface area contributed by atoms with Gasteiger partial charge in [0.2, 0.25) is 5.91 Å². The van der Waals surface area contributed by atoms with Gasteiger partial charge < -0.3 is 14.9 Å². The fraction of sp³-hybridized carbons (Fsp3) is 0.583. The van der Waals surface area contributed by atoms with E-state index >= 15 is 0 Å². The van der Waals surface area contributed by atoms with Gasteiger partial charge in [0.15, 0.2) is 5.82 Å². The number of anilines is 1. The number of carboxylic acid groups (broad SMARTS) is 1. The molecule has 1 aromatic heterocycles. The van der Waals surface area contributed by atoms with Gasteiger partial charge in [-0.1, -0.05) is 5.16 Å². The van der Waals surface area contributed by atoms with E-state index in [0.717, 1.165) is 0 Å². The van der Waals surface area contributed by atoms with E-state index in [1.165, 1.54) is 0 Å². The molecule has 2 N–H and O–H groups in total. The lowest BCUT2D eigenvalue weighted by atomic mass is 10.0. The molecule has 1 fully saturated rings. The first-order valence-corrected chi connectivity index (χ1v) is 6.17. The molecule has 2 heterocycles. The second-order valence-corrected chi connectivity index (χ2v) is 4.82. The number of amides is 1. The number of aryl methyl sites for hydroxylation is 1. The van der Waals surface area contributed by atoms with Crippen LogP contribution in [0.2, 0.25) is 0 Å². The molecule has 0 aliphatic carbocycles. The molecule has 7 nitrogen and oxygen atoms in total. The van der Waals surface area contributed by atoms with Crippen LogP contribution in [0.5, 0.6) is 0 Å². The van der Waals surface area contributed by atoms with E-state index < -0.39 is 11.9 Å². The molecule has 7 heteroatoms. The number of hydrogen-bond donors (Lipinski definition) is 2. The quantitative estimate of drug-likeness (QED) is 0.834.